The fourth-order valence-electron chi connectivity index (χ4n) is 4.19. The molecule has 10 heteroatoms. The monoisotopic (exact) mass is 589 g/mol. The third-order valence-corrected chi connectivity index (χ3v) is 7.02. The van der Waals surface area contributed by atoms with Gasteiger partial charge in [0.1, 0.15) is 5.60 Å². The highest BCUT2D eigenvalue weighted by Gasteiger charge is 2.26. The number of amides is 3. The standard InChI is InChI=1S/C32H39N5O4S/c1-8-10-25(33)21-11-9-12-22(15-21)26-18-42-29(36-26)37-27(38)17-34-28(39)23-14-13-20(2)24(16-23)32(6,7)19-35-30(40)41-31(3,4)5/h8-16,18,33H,17,19H2,1-7H3,(H,34,39)(H,35,40)(H,36,37,38)/b10-8-,33-25?. The van der Waals surface area contributed by atoms with E-state index in [1.807, 2.05) is 69.5 Å². The average molecular weight is 590 g/mol. The largest absolute Gasteiger partial charge is 0.444 e. The number of hydrogen-bond donors (Lipinski definition) is 4. The van der Waals surface area contributed by atoms with Crippen molar-refractivity contribution in [2.45, 2.75) is 59.5 Å². The van der Waals surface area contributed by atoms with Gasteiger partial charge in [-0.15, -0.1) is 11.3 Å². The van der Waals surface area contributed by atoms with E-state index in [1.54, 1.807) is 39.0 Å². The van der Waals surface area contributed by atoms with Crippen LogP contribution in [0.3, 0.4) is 0 Å². The molecule has 0 unspecified atom stereocenters. The fourth-order valence-corrected chi connectivity index (χ4v) is 4.93. The highest BCUT2D eigenvalue weighted by molar-refractivity contribution is 7.14. The zero-order valence-electron chi connectivity index (χ0n) is 25.2. The number of aromatic nitrogens is 1. The molecule has 0 atom stereocenters. The summed E-state index contributed by atoms with van der Waals surface area (Å²) in [4.78, 5) is 42.2. The van der Waals surface area contributed by atoms with E-state index >= 15 is 0 Å². The molecule has 222 valence electrons. The maximum atomic E-state index is 12.9. The van der Waals surface area contributed by atoms with Gasteiger partial charge in [-0.05, 0) is 70.0 Å². The van der Waals surface area contributed by atoms with Crippen molar-refractivity contribution in [2.75, 3.05) is 18.4 Å². The fraction of sp³-hybridized carbons (Fsp3) is 0.344. The first kappa shape index (κ1) is 32.2. The summed E-state index contributed by atoms with van der Waals surface area (Å²) in [5.74, 6) is -0.787. The first-order valence-corrected chi connectivity index (χ1v) is 14.5. The minimum atomic E-state index is -0.597. The third kappa shape index (κ3) is 9.10. The highest BCUT2D eigenvalue weighted by Crippen LogP contribution is 2.28. The van der Waals surface area contributed by atoms with Crippen LogP contribution in [-0.2, 0) is 14.9 Å². The molecule has 1 aromatic heterocycles. The minimum absolute atomic E-state index is 0.226. The summed E-state index contributed by atoms with van der Waals surface area (Å²) in [5.41, 5.74) is 3.91. The molecule has 0 saturated heterocycles. The summed E-state index contributed by atoms with van der Waals surface area (Å²) < 4.78 is 5.34. The number of allylic oxidation sites excluding steroid dienone is 2. The van der Waals surface area contributed by atoms with E-state index in [9.17, 15) is 14.4 Å². The van der Waals surface area contributed by atoms with E-state index in [-0.39, 0.29) is 12.5 Å². The van der Waals surface area contributed by atoms with E-state index in [2.05, 4.69) is 20.9 Å². The summed E-state index contributed by atoms with van der Waals surface area (Å²) in [6.45, 7) is 13.3. The van der Waals surface area contributed by atoms with E-state index in [4.69, 9.17) is 10.1 Å². The second-order valence-corrected chi connectivity index (χ2v) is 12.4. The van der Waals surface area contributed by atoms with Crippen molar-refractivity contribution >= 4 is 40.1 Å². The number of alkyl carbamates (subject to hydrolysis) is 1. The molecule has 3 aromatic rings. The smallest absolute Gasteiger partial charge is 0.407 e. The number of nitrogens with zero attached hydrogens (tertiary/aromatic N) is 1. The molecule has 0 aliphatic carbocycles. The Morgan fingerprint density at radius 1 is 1.02 bits per heavy atom. The number of carbonyl (C=O) groups is 3. The molecule has 0 aliphatic heterocycles. The lowest BCUT2D eigenvalue weighted by atomic mass is 9.81. The first-order valence-electron chi connectivity index (χ1n) is 13.6. The van der Waals surface area contributed by atoms with Crippen LogP contribution in [0.1, 0.15) is 68.6 Å². The molecule has 2 aromatic carbocycles. The second kappa shape index (κ2) is 13.6. The molecule has 1 heterocycles. The quantitative estimate of drug-likeness (QED) is 0.208. The molecular weight excluding hydrogens is 550 g/mol. The molecule has 0 spiro atoms. The third-order valence-electron chi connectivity index (χ3n) is 6.27. The van der Waals surface area contributed by atoms with E-state index in [0.717, 1.165) is 22.3 Å². The molecule has 0 fully saturated rings. The van der Waals surface area contributed by atoms with Crippen LogP contribution in [0.25, 0.3) is 11.3 Å². The zero-order chi connectivity index (χ0) is 31.1. The summed E-state index contributed by atoms with van der Waals surface area (Å²) in [7, 11) is 0. The Balaban J connectivity index is 1.59. The summed E-state index contributed by atoms with van der Waals surface area (Å²) in [6, 6.07) is 12.9. The molecule has 42 heavy (non-hydrogen) atoms. The van der Waals surface area contributed by atoms with Crippen LogP contribution < -0.4 is 16.0 Å². The van der Waals surface area contributed by atoms with E-state index < -0.39 is 23.0 Å². The number of nitrogens with one attached hydrogen (secondary N) is 4. The molecule has 3 rings (SSSR count). The van der Waals surface area contributed by atoms with Crippen molar-refractivity contribution in [3.05, 3.63) is 82.3 Å². The van der Waals surface area contributed by atoms with Crippen LogP contribution in [0.2, 0.25) is 0 Å². The van der Waals surface area contributed by atoms with Crippen molar-refractivity contribution in [3.8, 4) is 11.3 Å². The van der Waals surface area contributed by atoms with Crippen molar-refractivity contribution in [2.24, 2.45) is 0 Å². The molecule has 0 radical (unpaired) electrons. The van der Waals surface area contributed by atoms with Gasteiger partial charge in [-0.1, -0.05) is 44.2 Å². The summed E-state index contributed by atoms with van der Waals surface area (Å²) in [6.07, 6.45) is 3.04. The molecule has 4 N–H and O–H groups in total. The maximum absolute atomic E-state index is 12.9. The number of carbonyl (C=O) groups excluding carboxylic acids is 3. The Bertz CT molecular complexity index is 1500. The van der Waals surface area contributed by atoms with E-state index in [1.165, 1.54) is 11.3 Å². The van der Waals surface area contributed by atoms with Gasteiger partial charge in [0.2, 0.25) is 5.91 Å². The van der Waals surface area contributed by atoms with Gasteiger partial charge in [0.15, 0.2) is 5.13 Å². The maximum Gasteiger partial charge on any atom is 0.407 e. The molecule has 0 saturated carbocycles. The summed E-state index contributed by atoms with van der Waals surface area (Å²) >= 11 is 1.28. The second-order valence-electron chi connectivity index (χ2n) is 11.5. The Morgan fingerprint density at radius 2 is 1.76 bits per heavy atom. The van der Waals surface area contributed by atoms with Crippen LogP contribution in [0.5, 0.6) is 0 Å². The Labute approximate surface area is 251 Å². The molecule has 9 nitrogen and oxygen atoms in total. The number of thiazole rings is 1. The lowest BCUT2D eigenvalue weighted by molar-refractivity contribution is -0.115. The number of benzene rings is 2. The Kier molecular flexibility index (Phi) is 10.4. The molecule has 0 aliphatic rings. The van der Waals surface area contributed by atoms with E-state index in [0.29, 0.717) is 28.6 Å². The predicted octanol–water partition coefficient (Wildman–Crippen LogP) is 6.23. The van der Waals surface area contributed by atoms with Crippen LogP contribution in [0.15, 0.2) is 60.0 Å². The normalized spacial score (nSPS) is 11.7. The van der Waals surface area contributed by atoms with Gasteiger partial charge in [0, 0.05) is 34.0 Å². The molecule has 0 bridgehead atoms. The lowest BCUT2D eigenvalue weighted by Gasteiger charge is -2.29. The Hall–Kier alpha value is -4.31. The topological polar surface area (TPSA) is 133 Å². The van der Waals surface area contributed by atoms with Crippen molar-refractivity contribution in [1.82, 2.24) is 15.6 Å². The van der Waals surface area contributed by atoms with Crippen LogP contribution >= 0.6 is 11.3 Å². The highest BCUT2D eigenvalue weighted by atomic mass is 32.1. The van der Waals surface area contributed by atoms with Gasteiger partial charge < -0.3 is 26.1 Å². The van der Waals surface area contributed by atoms with Crippen molar-refractivity contribution < 1.29 is 19.1 Å². The number of hydrogen-bond acceptors (Lipinski definition) is 7. The molecule has 3 amide bonds. The van der Waals surface area contributed by atoms with Gasteiger partial charge in [-0.2, -0.15) is 0 Å². The number of aryl methyl sites for hydroxylation is 1. The Morgan fingerprint density at radius 3 is 2.45 bits per heavy atom. The number of ether oxygens (including phenoxy) is 1. The molecular formula is C32H39N5O4S. The zero-order valence-corrected chi connectivity index (χ0v) is 26.0. The average Bonchev–Trinajstić information content (AvgIpc) is 3.38. The van der Waals surface area contributed by atoms with Crippen LogP contribution in [0, 0.1) is 12.3 Å². The predicted molar refractivity (Wildman–Crippen MR) is 169 cm³/mol. The number of anilines is 1. The van der Waals surface area contributed by atoms with Gasteiger partial charge >= 0.3 is 6.09 Å². The van der Waals surface area contributed by atoms with Gasteiger partial charge in [-0.25, -0.2) is 9.78 Å². The minimum Gasteiger partial charge on any atom is -0.444 e. The van der Waals surface area contributed by atoms with Gasteiger partial charge in [0.25, 0.3) is 5.91 Å². The van der Waals surface area contributed by atoms with Crippen molar-refractivity contribution in [1.29, 1.82) is 5.41 Å². The number of rotatable bonds is 10. The summed E-state index contributed by atoms with van der Waals surface area (Å²) in [5, 5.41) is 18.6. The van der Waals surface area contributed by atoms with Gasteiger partial charge in [0.05, 0.1) is 18.0 Å². The van der Waals surface area contributed by atoms with Gasteiger partial charge in [-0.3, -0.25) is 9.59 Å². The van der Waals surface area contributed by atoms with Crippen molar-refractivity contribution in [3.63, 3.8) is 0 Å². The van der Waals surface area contributed by atoms with Crippen LogP contribution in [-0.4, -0.2) is 47.3 Å². The lowest BCUT2D eigenvalue weighted by Crippen LogP contribution is -2.40. The van der Waals surface area contributed by atoms with Crippen LogP contribution in [0.4, 0.5) is 9.93 Å². The SMILES string of the molecule is C/C=C\C(=N)c1cccc(-c2csc(NC(=O)CNC(=O)c3ccc(C)c(C(C)(C)CNC(=O)OC(C)(C)C)c3)n2)c1. The first-order chi connectivity index (χ1) is 19.7.